The van der Waals surface area contributed by atoms with Gasteiger partial charge in [-0.2, -0.15) is 35.4 Å². The topological polar surface area (TPSA) is 0 Å². The fourth-order valence-corrected chi connectivity index (χ4v) is 10.2. The van der Waals surface area contributed by atoms with Crippen LogP contribution >= 0.6 is 0 Å². The zero-order valence-corrected chi connectivity index (χ0v) is 22.5. The van der Waals surface area contributed by atoms with Gasteiger partial charge in [0.2, 0.25) is 0 Å². The summed E-state index contributed by atoms with van der Waals surface area (Å²) < 4.78 is 0. The third kappa shape index (κ3) is 6.20. The molecule has 0 radical (unpaired) electrons. The molecule has 0 amide bonds. The Bertz CT molecular complexity index is 611. The molecule has 2 aliphatic rings. The van der Waals surface area contributed by atoms with Gasteiger partial charge in [0.05, 0.1) is 0 Å². The van der Waals surface area contributed by atoms with E-state index in [1.165, 1.54) is 61.0 Å². The fraction of sp³-hybridized carbons (Fsp3) is 0.545. The van der Waals surface area contributed by atoms with E-state index in [-0.39, 0.29) is 46.5 Å². The van der Waals surface area contributed by atoms with E-state index in [1.807, 2.05) is 0 Å². The smallest absolute Gasteiger partial charge is 1.00 e. The minimum atomic E-state index is -0.868. The standard InChI is InChI=1S/2C11H17Si.2ClH.Ti/c2*1-3-10-5-6-11(9-10)12(2)7-4-8-12;;;/h2*5-6,9H,3-4,7-8H2,1-2H3;2*1H;/q2*-1;;;+4/p-2. The molecule has 0 bridgehead atoms. The first kappa shape index (κ1) is 27.4. The summed E-state index contributed by atoms with van der Waals surface area (Å²) in [7, 11) is -1.74. The minimum absolute atomic E-state index is 0. The van der Waals surface area contributed by atoms with E-state index >= 15 is 0 Å². The van der Waals surface area contributed by atoms with E-state index in [9.17, 15) is 0 Å². The van der Waals surface area contributed by atoms with Crippen LogP contribution in [0.5, 0.6) is 0 Å². The van der Waals surface area contributed by atoms with E-state index < -0.39 is 16.1 Å². The maximum absolute atomic E-state index is 2.53. The van der Waals surface area contributed by atoms with E-state index in [2.05, 4.69) is 63.3 Å². The Hall–Kier alpha value is 0.428. The molecule has 0 N–H and O–H groups in total. The zero-order valence-electron chi connectivity index (χ0n) is 17.4. The number of hydrogen-bond donors (Lipinski definition) is 0. The van der Waals surface area contributed by atoms with Crippen molar-refractivity contribution in [1.82, 2.24) is 0 Å². The molecule has 4 rings (SSSR count). The molecule has 0 spiro atoms. The predicted octanol–water partition coefficient (Wildman–Crippen LogP) is -0.680. The van der Waals surface area contributed by atoms with Crippen molar-refractivity contribution in [3.05, 3.63) is 47.5 Å². The summed E-state index contributed by atoms with van der Waals surface area (Å²) in [6, 6.07) is 20.4. The van der Waals surface area contributed by atoms with Gasteiger partial charge in [0, 0.05) is 16.1 Å². The van der Waals surface area contributed by atoms with Crippen LogP contribution in [-0.4, -0.2) is 16.1 Å². The van der Waals surface area contributed by atoms with Gasteiger partial charge >= 0.3 is 21.7 Å². The van der Waals surface area contributed by atoms with Gasteiger partial charge < -0.3 is 24.8 Å². The van der Waals surface area contributed by atoms with Crippen molar-refractivity contribution in [2.45, 2.75) is 76.8 Å². The van der Waals surface area contributed by atoms with Crippen LogP contribution < -0.4 is 35.2 Å². The first-order valence-corrected chi connectivity index (χ1v) is 15.8. The monoisotopic (exact) mass is 472 g/mol. The quantitative estimate of drug-likeness (QED) is 0.408. The van der Waals surface area contributed by atoms with Crippen LogP contribution in [0.3, 0.4) is 0 Å². The maximum Gasteiger partial charge on any atom is 4.00 e. The Morgan fingerprint density at radius 1 is 0.741 bits per heavy atom. The van der Waals surface area contributed by atoms with Crippen LogP contribution in [0.15, 0.2) is 36.4 Å². The molecule has 2 aliphatic heterocycles. The average molecular weight is 473 g/mol. The molecule has 2 saturated heterocycles. The summed E-state index contributed by atoms with van der Waals surface area (Å²) >= 11 is 0. The van der Waals surface area contributed by atoms with Crippen LogP contribution in [0.1, 0.15) is 37.8 Å². The molecule has 2 heterocycles. The Balaban J connectivity index is 0.000000451. The van der Waals surface area contributed by atoms with Crippen molar-refractivity contribution >= 4 is 26.5 Å². The number of halogens is 2. The molecule has 0 atom stereocenters. The first-order chi connectivity index (χ1) is 11.5. The molecule has 0 unspecified atom stereocenters. The second kappa shape index (κ2) is 11.6. The maximum atomic E-state index is 2.53. The third-order valence-electron chi connectivity index (χ3n) is 6.76. The van der Waals surface area contributed by atoms with Gasteiger partial charge in [-0.1, -0.05) is 76.8 Å². The summed E-state index contributed by atoms with van der Waals surface area (Å²) in [4.78, 5) is 0. The van der Waals surface area contributed by atoms with Gasteiger partial charge in [0.1, 0.15) is 0 Å². The molecule has 27 heavy (non-hydrogen) atoms. The van der Waals surface area contributed by atoms with Crippen molar-refractivity contribution in [3.63, 3.8) is 0 Å². The SMILES string of the molecule is CC[c-]1ccc([Si]2(C)CCC2)c1.CC[c-]1ccc([Si]2(C)CCC2)c1.[Cl-].[Cl-].[Ti+4]. The van der Waals surface area contributed by atoms with Crippen molar-refractivity contribution in [1.29, 1.82) is 0 Å². The van der Waals surface area contributed by atoms with E-state index in [0.717, 1.165) is 0 Å². The van der Waals surface area contributed by atoms with Gasteiger partial charge in [0.15, 0.2) is 0 Å². The Kier molecular flexibility index (Phi) is 11.8. The molecule has 5 heteroatoms. The van der Waals surface area contributed by atoms with Gasteiger partial charge in [-0.25, -0.2) is 22.5 Å². The Labute approximate surface area is 196 Å². The van der Waals surface area contributed by atoms with Crippen LogP contribution in [0.25, 0.3) is 0 Å². The summed E-state index contributed by atoms with van der Waals surface area (Å²) in [5.74, 6) is 0. The molecule has 0 saturated carbocycles. The second-order valence-electron chi connectivity index (χ2n) is 8.55. The Morgan fingerprint density at radius 3 is 1.26 bits per heavy atom. The third-order valence-corrected chi connectivity index (χ3v) is 16.0. The molecular weight excluding hydrogens is 439 g/mol. The largest absolute Gasteiger partial charge is 4.00 e. The first-order valence-electron chi connectivity index (χ1n) is 10.0. The van der Waals surface area contributed by atoms with Gasteiger partial charge in [-0.15, -0.1) is 0 Å². The number of rotatable bonds is 4. The van der Waals surface area contributed by atoms with Crippen molar-refractivity contribution in [2.24, 2.45) is 0 Å². The predicted molar refractivity (Wildman–Crippen MR) is 114 cm³/mol. The summed E-state index contributed by atoms with van der Waals surface area (Å²) in [6.45, 7) is 9.55. The average Bonchev–Trinajstić information content (AvgIpc) is 3.20. The summed E-state index contributed by atoms with van der Waals surface area (Å²) in [6.07, 6.45) is 5.36. The zero-order chi connectivity index (χ0) is 17.2. The van der Waals surface area contributed by atoms with E-state index in [1.54, 1.807) is 10.4 Å². The molecular formula is C22H34Cl2Si2Ti. The van der Waals surface area contributed by atoms with Gasteiger partial charge in [-0.3, -0.25) is 0 Å². The molecule has 148 valence electrons. The second-order valence-corrected chi connectivity index (χ2v) is 17.9. The number of hydrogen-bond acceptors (Lipinski definition) is 0. The summed E-state index contributed by atoms with van der Waals surface area (Å²) in [5, 5.41) is 3.43. The molecule has 2 aromatic rings. The van der Waals surface area contributed by atoms with Crippen LogP contribution in [0, 0.1) is 0 Å². The van der Waals surface area contributed by atoms with E-state index in [4.69, 9.17) is 0 Å². The van der Waals surface area contributed by atoms with Crippen LogP contribution in [0.2, 0.25) is 37.3 Å². The van der Waals surface area contributed by atoms with Crippen molar-refractivity contribution in [3.8, 4) is 0 Å². The molecule has 0 aromatic heterocycles. The summed E-state index contributed by atoms with van der Waals surface area (Å²) in [5.41, 5.74) is 3.07. The molecule has 0 nitrogen and oxygen atoms in total. The van der Waals surface area contributed by atoms with Gasteiger partial charge in [0.25, 0.3) is 0 Å². The molecule has 2 fully saturated rings. The normalized spacial score (nSPS) is 18.2. The molecule has 2 aromatic carbocycles. The van der Waals surface area contributed by atoms with Crippen LogP contribution in [0.4, 0.5) is 0 Å². The minimum Gasteiger partial charge on any atom is -1.00 e. The van der Waals surface area contributed by atoms with Gasteiger partial charge in [-0.05, 0) is 0 Å². The van der Waals surface area contributed by atoms with Crippen molar-refractivity contribution < 1.29 is 46.5 Å². The Morgan fingerprint density at radius 2 is 1.07 bits per heavy atom. The number of aryl methyl sites for hydroxylation is 2. The van der Waals surface area contributed by atoms with Crippen LogP contribution in [-0.2, 0) is 34.6 Å². The fourth-order valence-electron chi connectivity index (χ4n) is 4.17. The van der Waals surface area contributed by atoms with Crippen molar-refractivity contribution in [2.75, 3.05) is 0 Å². The molecule has 0 aliphatic carbocycles. The van der Waals surface area contributed by atoms with E-state index in [0.29, 0.717) is 0 Å².